The van der Waals surface area contributed by atoms with Crippen LogP contribution in [0.4, 0.5) is 4.39 Å². The summed E-state index contributed by atoms with van der Waals surface area (Å²) in [6.07, 6.45) is 1.69. The Bertz CT molecular complexity index is 635. The van der Waals surface area contributed by atoms with E-state index < -0.39 is 0 Å². The maximum atomic E-state index is 14.1. The molecule has 21 heavy (non-hydrogen) atoms. The van der Waals surface area contributed by atoms with E-state index in [0.29, 0.717) is 11.8 Å². The van der Waals surface area contributed by atoms with Crippen molar-refractivity contribution in [2.75, 3.05) is 7.11 Å². The number of hydrogen-bond acceptors (Lipinski definition) is 2. The second kappa shape index (κ2) is 6.25. The van der Waals surface area contributed by atoms with Crippen LogP contribution in [0.3, 0.4) is 0 Å². The van der Waals surface area contributed by atoms with E-state index in [2.05, 4.69) is 32.7 Å². The first-order chi connectivity index (χ1) is 9.93. The third kappa shape index (κ3) is 3.23. The van der Waals surface area contributed by atoms with Crippen LogP contribution in [-0.2, 0) is 0 Å². The highest BCUT2D eigenvalue weighted by Crippen LogP contribution is 2.36. The van der Waals surface area contributed by atoms with E-state index >= 15 is 0 Å². The van der Waals surface area contributed by atoms with Gasteiger partial charge < -0.3 is 4.74 Å². The lowest BCUT2D eigenvalue weighted by Gasteiger charge is -2.21. The second-order valence-corrected chi connectivity index (χ2v) is 5.85. The minimum atomic E-state index is -0.200. The zero-order valence-corrected chi connectivity index (χ0v) is 13.3. The lowest BCUT2D eigenvalue weighted by atomic mass is 9.84. The van der Waals surface area contributed by atoms with Gasteiger partial charge in [0.2, 0.25) is 5.88 Å². The maximum absolute atomic E-state index is 14.1. The lowest BCUT2D eigenvalue weighted by molar-refractivity contribution is 0.398. The van der Waals surface area contributed by atoms with Crippen molar-refractivity contribution in [1.82, 2.24) is 4.98 Å². The molecule has 0 radical (unpaired) electrons. The zero-order chi connectivity index (χ0) is 15.6. The third-order valence-corrected chi connectivity index (χ3v) is 3.63. The molecule has 3 heteroatoms. The number of aromatic nitrogens is 1. The summed E-state index contributed by atoms with van der Waals surface area (Å²) in [5, 5.41) is 0. The van der Waals surface area contributed by atoms with Crippen molar-refractivity contribution in [3.63, 3.8) is 0 Å². The summed E-state index contributed by atoms with van der Waals surface area (Å²) in [6.45, 7) is 8.47. The predicted octanol–water partition coefficient (Wildman–Crippen LogP) is 5.14. The molecule has 0 N–H and O–H groups in total. The Morgan fingerprint density at radius 3 is 2.33 bits per heavy atom. The van der Waals surface area contributed by atoms with Gasteiger partial charge in [0.25, 0.3) is 0 Å². The lowest BCUT2D eigenvalue weighted by Crippen LogP contribution is -2.03. The average Bonchev–Trinajstić information content (AvgIpc) is 2.45. The Balaban J connectivity index is 2.71. The van der Waals surface area contributed by atoms with Crippen LogP contribution in [0.25, 0.3) is 11.1 Å². The van der Waals surface area contributed by atoms with Crippen molar-refractivity contribution in [3.05, 3.63) is 47.4 Å². The average molecular weight is 287 g/mol. The van der Waals surface area contributed by atoms with Gasteiger partial charge in [0, 0.05) is 12.3 Å². The molecule has 0 saturated carbocycles. The number of benzene rings is 1. The van der Waals surface area contributed by atoms with E-state index in [-0.39, 0.29) is 11.7 Å². The molecular formula is C18H22FNO. The van der Waals surface area contributed by atoms with E-state index in [0.717, 1.165) is 16.7 Å². The van der Waals surface area contributed by atoms with Crippen molar-refractivity contribution in [2.24, 2.45) is 0 Å². The Kier molecular flexibility index (Phi) is 4.61. The van der Waals surface area contributed by atoms with E-state index in [1.165, 1.54) is 5.56 Å². The van der Waals surface area contributed by atoms with Gasteiger partial charge in [0.1, 0.15) is 5.82 Å². The summed E-state index contributed by atoms with van der Waals surface area (Å²) < 4.78 is 19.2. The molecule has 0 amide bonds. The molecule has 112 valence electrons. The van der Waals surface area contributed by atoms with E-state index in [1.54, 1.807) is 25.4 Å². The van der Waals surface area contributed by atoms with Crippen LogP contribution >= 0.6 is 0 Å². The van der Waals surface area contributed by atoms with Gasteiger partial charge in [-0.25, -0.2) is 9.37 Å². The summed E-state index contributed by atoms with van der Waals surface area (Å²) in [5.41, 5.74) is 4.12. The largest absolute Gasteiger partial charge is 0.481 e. The van der Waals surface area contributed by atoms with Gasteiger partial charge in [-0.3, -0.25) is 0 Å². The van der Waals surface area contributed by atoms with Crippen LogP contribution < -0.4 is 4.74 Å². The number of rotatable bonds is 4. The van der Waals surface area contributed by atoms with Gasteiger partial charge in [-0.1, -0.05) is 27.7 Å². The summed E-state index contributed by atoms with van der Waals surface area (Å²) >= 11 is 0. The molecule has 2 nitrogen and oxygen atoms in total. The number of nitrogens with zero attached hydrogens (tertiary/aromatic N) is 1. The van der Waals surface area contributed by atoms with Crippen LogP contribution in [0.15, 0.2) is 30.5 Å². The van der Waals surface area contributed by atoms with Gasteiger partial charge in [-0.2, -0.15) is 0 Å². The topological polar surface area (TPSA) is 22.1 Å². The number of ether oxygens (including phenoxy) is 1. The zero-order valence-electron chi connectivity index (χ0n) is 13.3. The van der Waals surface area contributed by atoms with Crippen LogP contribution in [-0.4, -0.2) is 12.1 Å². The van der Waals surface area contributed by atoms with E-state index in [9.17, 15) is 4.39 Å². The van der Waals surface area contributed by atoms with Crippen molar-refractivity contribution in [1.29, 1.82) is 0 Å². The first kappa shape index (κ1) is 15.5. The number of hydrogen-bond donors (Lipinski definition) is 0. The minimum Gasteiger partial charge on any atom is -0.481 e. The molecule has 0 aliphatic carbocycles. The summed E-state index contributed by atoms with van der Waals surface area (Å²) in [6, 6.07) is 7.01. The highest BCUT2D eigenvalue weighted by atomic mass is 19.1. The van der Waals surface area contributed by atoms with Gasteiger partial charge in [-0.05, 0) is 52.3 Å². The Morgan fingerprint density at radius 2 is 1.76 bits per heavy atom. The molecule has 1 aromatic carbocycles. The fourth-order valence-corrected chi connectivity index (χ4v) is 2.69. The minimum absolute atomic E-state index is 0.200. The fraction of sp³-hybridized carbons (Fsp3) is 0.389. The monoisotopic (exact) mass is 287 g/mol. The molecule has 0 aliphatic heterocycles. The van der Waals surface area contributed by atoms with Crippen LogP contribution in [0.2, 0.25) is 0 Å². The predicted molar refractivity (Wildman–Crippen MR) is 84.4 cm³/mol. The molecule has 0 spiro atoms. The molecule has 0 unspecified atom stereocenters. The Hall–Kier alpha value is -1.90. The van der Waals surface area contributed by atoms with Gasteiger partial charge in [0.05, 0.1) is 7.11 Å². The highest BCUT2D eigenvalue weighted by Gasteiger charge is 2.18. The van der Waals surface area contributed by atoms with Crippen LogP contribution in [0.5, 0.6) is 5.88 Å². The molecule has 0 fully saturated rings. The quantitative estimate of drug-likeness (QED) is 0.776. The smallest absolute Gasteiger partial charge is 0.213 e. The summed E-state index contributed by atoms with van der Waals surface area (Å²) in [7, 11) is 1.58. The van der Waals surface area contributed by atoms with E-state index in [4.69, 9.17) is 4.74 Å². The van der Waals surface area contributed by atoms with Crippen molar-refractivity contribution < 1.29 is 9.13 Å². The number of methoxy groups -OCH3 is 1. The first-order valence-corrected chi connectivity index (χ1v) is 7.27. The Morgan fingerprint density at radius 1 is 1.05 bits per heavy atom. The van der Waals surface area contributed by atoms with Crippen molar-refractivity contribution >= 4 is 0 Å². The highest BCUT2D eigenvalue weighted by molar-refractivity contribution is 5.70. The van der Waals surface area contributed by atoms with Crippen molar-refractivity contribution in [2.45, 2.75) is 39.5 Å². The van der Waals surface area contributed by atoms with Gasteiger partial charge in [-0.15, -0.1) is 0 Å². The summed E-state index contributed by atoms with van der Waals surface area (Å²) in [5.74, 6) is 0.934. The van der Waals surface area contributed by atoms with Crippen LogP contribution in [0.1, 0.15) is 50.7 Å². The van der Waals surface area contributed by atoms with Crippen molar-refractivity contribution in [3.8, 4) is 17.0 Å². The second-order valence-electron chi connectivity index (χ2n) is 5.85. The SMILES string of the molecule is COc1cc(-c2cc(F)cc(C(C)C)c2C(C)C)ccn1. The molecule has 1 heterocycles. The van der Waals surface area contributed by atoms with Crippen LogP contribution in [0, 0.1) is 5.82 Å². The fourth-order valence-electron chi connectivity index (χ4n) is 2.69. The maximum Gasteiger partial charge on any atom is 0.213 e. The third-order valence-electron chi connectivity index (χ3n) is 3.63. The molecule has 0 saturated heterocycles. The molecule has 2 rings (SSSR count). The standard InChI is InChI=1S/C18H22FNO/c1-11(2)15-9-14(19)10-16(18(15)12(3)4)13-6-7-20-17(8-13)21-5/h6-12H,1-5H3. The van der Waals surface area contributed by atoms with Gasteiger partial charge >= 0.3 is 0 Å². The van der Waals surface area contributed by atoms with Gasteiger partial charge in [0.15, 0.2) is 0 Å². The van der Waals surface area contributed by atoms with E-state index in [1.807, 2.05) is 12.1 Å². The number of pyridine rings is 1. The summed E-state index contributed by atoms with van der Waals surface area (Å²) in [4.78, 5) is 4.12. The molecular weight excluding hydrogens is 265 g/mol. The molecule has 0 bridgehead atoms. The molecule has 0 atom stereocenters. The Labute approximate surface area is 126 Å². The molecule has 2 aromatic rings. The normalized spacial score (nSPS) is 11.2. The molecule has 0 aliphatic rings. The number of halogens is 1. The molecule has 1 aromatic heterocycles. The first-order valence-electron chi connectivity index (χ1n) is 7.27.